The van der Waals surface area contributed by atoms with Crippen LogP contribution in [0.25, 0.3) is 11.3 Å². The number of sulfonamides is 1. The van der Waals surface area contributed by atoms with Crippen molar-refractivity contribution in [1.29, 1.82) is 0 Å². The van der Waals surface area contributed by atoms with Crippen LogP contribution in [0.1, 0.15) is 16.7 Å². The SMILES string of the molecule is NS(=O)(=O)c1ccc2c(c1)N(C(=O)[C@H]1Cc3ccc(-c4ncccc4F)cc3C1)CC2. The summed E-state index contributed by atoms with van der Waals surface area (Å²) in [6.45, 7) is 0.513. The summed E-state index contributed by atoms with van der Waals surface area (Å²) in [6.07, 6.45) is 3.38. The standard InChI is InChI=1S/C23H20FN3O3S/c24-20-2-1-8-26-22(20)16-4-3-15-10-18(12-17(15)11-16)23(28)27-9-7-14-5-6-19(13-21(14)27)31(25,29)30/h1-6,8,11,13,18H,7,9-10,12H2,(H2,25,29,30)/t18-/m0/s1. The van der Waals surface area contributed by atoms with Crippen LogP contribution in [0, 0.1) is 11.7 Å². The van der Waals surface area contributed by atoms with Crippen LogP contribution >= 0.6 is 0 Å². The molecule has 0 bridgehead atoms. The average molecular weight is 437 g/mol. The predicted octanol–water partition coefficient (Wildman–Crippen LogP) is 2.84. The Kier molecular flexibility index (Phi) is 4.64. The normalized spacial score (nSPS) is 17.5. The number of halogens is 1. The molecule has 3 aromatic rings. The molecule has 1 atom stereocenters. The maximum Gasteiger partial charge on any atom is 0.238 e. The van der Waals surface area contributed by atoms with Crippen molar-refractivity contribution < 1.29 is 17.6 Å². The molecule has 8 heteroatoms. The molecule has 1 aliphatic carbocycles. The van der Waals surface area contributed by atoms with Crippen molar-refractivity contribution in [1.82, 2.24) is 4.98 Å². The van der Waals surface area contributed by atoms with E-state index in [2.05, 4.69) is 4.98 Å². The van der Waals surface area contributed by atoms with E-state index in [1.807, 2.05) is 18.2 Å². The van der Waals surface area contributed by atoms with Gasteiger partial charge in [0.15, 0.2) is 0 Å². The van der Waals surface area contributed by atoms with Crippen molar-refractivity contribution >= 4 is 21.6 Å². The second kappa shape index (κ2) is 7.25. The van der Waals surface area contributed by atoms with Crippen molar-refractivity contribution in [2.24, 2.45) is 11.1 Å². The van der Waals surface area contributed by atoms with Gasteiger partial charge < -0.3 is 4.90 Å². The van der Waals surface area contributed by atoms with Gasteiger partial charge in [0.1, 0.15) is 11.5 Å². The van der Waals surface area contributed by atoms with Crippen molar-refractivity contribution in [2.75, 3.05) is 11.4 Å². The Morgan fingerprint density at radius 2 is 1.84 bits per heavy atom. The second-order valence-electron chi connectivity index (χ2n) is 8.00. The van der Waals surface area contributed by atoms with Gasteiger partial charge in [-0.2, -0.15) is 0 Å². The minimum atomic E-state index is -3.85. The molecule has 1 aromatic heterocycles. The smallest absolute Gasteiger partial charge is 0.238 e. The molecular weight excluding hydrogens is 417 g/mol. The molecule has 6 nitrogen and oxygen atoms in total. The number of carbonyl (C=O) groups is 1. The Labute approximate surface area is 179 Å². The molecule has 0 saturated carbocycles. The number of aromatic nitrogens is 1. The van der Waals surface area contributed by atoms with Gasteiger partial charge in [0.05, 0.1) is 4.90 Å². The second-order valence-corrected chi connectivity index (χ2v) is 9.56. The van der Waals surface area contributed by atoms with Gasteiger partial charge in [-0.3, -0.25) is 9.78 Å². The van der Waals surface area contributed by atoms with E-state index in [1.54, 1.807) is 23.2 Å². The summed E-state index contributed by atoms with van der Waals surface area (Å²) < 4.78 is 37.6. The predicted molar refractivity (Wildman–Crippen MR) is 114 cm³/mol. The van der Waals surface area contributed by atoms with E-state index in [-0.39, 0.29) is 22.5 Å². The Balaban J connectivity index is 1.40. The van der Waals surface area contributed by atoms with Gasteiger partial charge in [0.2, 0.25) is 15.9 Å². The number of benzene rings is 2. The first-order valence-corrected chi connectivity index (χ1v) is 11.6. The molecule has 5 rings (SSSR count). The minimum absolute atomic E-state index is 0.00249. The average Bonchev–Trinajstić information content (AvgIpc) is 3.36. The Morgan fingerprint density at radius 3 is 2.61 bits per heavy atom. The number of pyridine rings is 1. The largest absolute Gasteiger partial charge is 0.312 e. The number of carbonyl (C=O) groups excluding carboxylic acids is 1. The summed E-state index contributed by atoms with van der Waals surface area (Å²) in [4.78, 5) is 19.1. The monoisotopic (exact) mass is 437 g/mol. The first-order valence-electron chi connectivity index (χ1n) is 10.0. The van der Waals surface area contributed by atoms with Crippen molar-refractivity contribution in [3.05, 3.63) is 77.2 Å². The van der Waals surface area contributed by atoms with Crippen LogP contribution in [0.3, 0.4) is 0 Å². The van der Waals surface area contributed by atoms with Gasteiger partial charge in [-0.25, -0.2) is 17.9 Å². The van der Waals surface area contributed by atoms with E-state index in [4.69, 9.17) is 5.14 Å². The number of fused-ring (bicyclic) bond motifs is 2. The van der Waals surface area contributed by atoms with Crippen molar-refractivity contribution in [3.63, 3.8) is 0 Å². The summed E-state index contributed by atoms with van der Waals surface area (Å²) in [5, 5.41) is 5.26. The summed E-state index contributed by atoms with van der Waals surface area (Å²) in [6, 6.07) is 13.3. The van der Waals surface area contributed by atoms with E-state index in [0.717, 1.165) is 16.7 Å². The van der Waals surface area contributed by atoms with Crippen LogP contribution < -0.4 is 10.0 Å². The first-order chi connectivity index (χ1) is 14.8. The molecule has 1 aliphatic heterocycles. The number of hydrogen-bond donors (Lipinski definition) is 1. The molecule has 158 valence electrons. The molecule has 1 amide bonds. The summed E-state index contributed by atoms with van der Waals surface area (Å²) in [5.74, 6) is -0.664. The third-order valence-corrected chi connectivity index (χ3v) is 6.98. The summed E-state index contributed by atoms with van der Waals surface area (Å²) in [5.41, 5.74) is 4.61. The number of rotatable bonds is 3. The minimum Gasteiger partial charge on any atom is -0.312 e. The molecule has 0 spiro atoms. The molecule has 0 saturated heterocycles. The highest BCUT2D eigenvalue weighted by molar-refractivity contribution is 7.89. The van der Waals surface area contributed by atoms with Crippen LogP contribution in [-0.4, -0.2) is 25.9 Å². The molecule has 2 aromatic carbocycles. The van der Waals surface area contributed by atoms with E-state index in [0.29, 0.717) is 42.8 Å². The highest BCUT2D eigenvalue weighted by Crippen LogP contribution is 2.36. The van der Waals surface area contributed by atoms with Gasteiger partial charge in [0, 0.05) is 29.9 Å². The third-order valence-electron chi connectivity index (χ3n) is 6.07. The van der Waals surface area contributed by atoms with E-state index < -0.39 is 10.0 Å². The van der Waals surface area contributed by atoms with Crippen molar-refractivity contribution in [2.45, 2.75) is 24.2 Å². The van der Waals surface area contributed by atoms with Crippen molar-refractivity contribution in [3.8, 4) is 11.3 Å². The van der Waals surface area contributed by atoms with Gasteiger partial charge in [-0.05, 0) is 66.3 Å². The number of nitrogens with two attached hydrogens (primary N) is 1. The first kappa shape index (κ1) is 19.8. The zero-order chi connectivity index (χ0) is 21.8. The number of nitrogens with zero attached hydrogens (tertiary/aromatic N) is 2. The van der Waals surface area contributed by atoms with Gasteiger partial charge in [-0.15, -0.1) is 0 Å². The van der Waals surface area contributed by atoms with Crippen LogP contribution in [0.2, 0.25) is 0 Å². The van der Waals surface area contributed by atoms with Gasteiger partial charge >= 0.3 is 0 Å². The highest BCUT2D eigenvalue weighted by Gasteiger charge is 2.34. The molecule has 2 N–H and O–H groups in total. The fraction of sp³-hybridized carbons (Fsp3) is 0.217. The molecule has 0 radical (unpaired) electrons. The highest BCUT2D eigenvalue weighted by atomic mass is 32.2. The fourth-order valence-corrected chi connectivity index (χ4v) is 5.06. The maximum absolute atomic E-state index is 14.1. The quantitative estimate of drug-likeness (QED) is 0.682. The maximum atomic E-state index is 14.1. The zero-order valence-electron chi connectivity index (χ0n) is 16.6. The van der Waals surface area contributed by atoms with Crippen LogP contribution in [-0.2, 0) is 34.1 Å². The Bertz CT molecular complexity index is 1320. The van der Waals surface area contributed by atoms with E-state index in [9.17, 15) is 17.6 Å². The molecule has 0 unspecified atom stereocenters. The van der Waals surface area contributed by atoms with E-state index in [1.165, 1.54) is 18.2 Å². The lowest BCUT2D eigenvalue weighted by molar-refractivity contribution is -0.122. The number of primary sulfonamides is 1. The molecule has 2 heterocycles. The number of anilines is 1. The zero-order valence-corrected chi connectivity index (χ0v) is 17.4. The molecular formula is C23H20FN3O3S. The molecule has 0 fully saturated rings. The lowest BCUT2D eigenvalue weighted by Crippen LogP contribution is -2.35. The topological polar surface area (TPSA) is 93.4 Å². The van der Waals surface area contributed by atoms with Gasteiger partial charge in [0.25, 0.3) is 0 Å². The van der Waals surface area contributed by atoms with Crippen LogP contribution in [0.5, 0.6) is 0 Å². The summed E-state index contributed by atoms with van der Waals surface area (Å²) >= 11 is 0. The number of amides is 1. The fourth-order valence-electron chi connectivity index (χ4n) is 4.52. The molecule has 2 aliphatic rings. The Morgan fingerprint density at radius 1 is 1.06 bits per heavy atom. The lowest BCUT2D eigenvalue weighted by atomic mass is 10.0. The summed E-state index contributed by atoms with van der Waals surface area (Å²) in [7, 11) is -3.85. The number of hydrogen-bond acceptors (Lipinski definition) is 4. The van der Waals surface area contributed by atoms with Crippen LogP contribution in [0.15, 0.2) is 59.6 Å². The van der Waals surface area contributed by atoms with Crippen LogP contribution in [0.4, 0.5) is 10.1 Å². The Hall–Kier alpha value is -3.10. The van der Waals surface area contributed by atoms with E-state index >= 15 is 0 Å². The molecule has 31 heavy (non-hydrogen) atoms. The lowest BCUT2D eigenvalue weighted by Gasteiger charge is -2.21. The third kappa shape index (κ3) is 3.51. The van der Waals surface area contributed by atoms with Gasteiger partial charge in [-0.1, -0.05) is 18.2 Å².